The van der Waals surface area contributed by atoms with Gasteiger partial charge in [-0.1, -0.05) is 23.2 Å². The van der Waals surface area contributed by atoms with Gasteiger partial charge in [-0.3, -0.25) is 4.79 Å². The third kappa shape index (κ3) is 4.84. The Balaban J connectivity index is 2.04. The molecule has 0 fully saturated rings. The predicted octanol–water partition coefficient (Wildman–Crippen LogP) is 2.91. The second-order valence-corrected chi connectivity index (χ2v) is 5.46. The molecule has 8 nitrogen and oxygen atoms in total. The van der Waals surface area contributed by atoms with Crippen molar-refractivity contribution in [2.75, 3.05) is 13.2 Å². The third-order valence-electron chi connectivity index (χ3n) is 2.94. The third-order valence-corrected chi connectivity index (χ3v) is 3.50. The Kier molecular flexibility index (Phi) is 6.39. The average Bonchev–Trinajstić information content (AvgIpc) is 2.54. The van der Waals surface area contributed by atoms with E-state index in [4.69, 9.17) is 27.9 Å². The van der Waals surface area contributed by atoms with Crippen LogP contribution in [0.5, 0.6) is 5.75 Å². The first kappa shape index (κ1) is 18.0. The molecule has 0 amide bonds. The molecule has 1 aromatic heterocycles. The van der Waals surface area contributed by atoms with Crippen LogP contribution in [-0.2, 0) is 4.84 Å². The second-order valence-electron chi connectivity index (χ2n) is 4.62. The van der Waals surface area contributed by atoms with E-state index in [2.05, 4.69) is 9.94 Å². The number of unbranched alkanes of at least 4 members (excludes halogenated alkanes) is 1. The quantitative estimate of drug-likeness (QED) is 0.400. The number of nitrogens with zero attached hydrogens (tertiary/aromatic N) is 3. The summed E-state index contributed by atoms with van der Waals surface area (Å²) in [6.07, 6.45) is 2.33. The van der Waals surface area contributed by atoms with Crippen LogP contribution in [0.1, 0.15) is 12.8 Å². The van der Waals surface area contributed by atoms with Gasteiger partial charge in [0, 0.05) is 11.1 Å². The Morgan fingerprint density at radius 1 is 1.21 bits per heavy atom. The van der Waals surface area contributed by atoms with E-state index in [-0.39, 0.29) is 19.0 Å². The summed E-state index contributed by atoms with van der Waals surface area (Å²) in [5.41, 5.74) is -0.137. The zero-order valence-electron chi connectivity index (χ0n) is 12.4. The smallest absolute Gasteiger partial charge is 0.313 e. The van der Waals surface area contributed by atoms with Gasteiger partial charge in [0.2, 0.25) is 0 Å². The number of rotatable bonds is 8. The van der Waals surface area contributed by atoms with Crippen molar-refractivity contribution in [3.63, 3.8) is 0 Å². The van der Waals surface area contributed by atoms with Crippen LogP contribution < -0.4 is 10.3 Å². The Bertz CT molecular complexity index is 781. The molecular weight excluding hydrogens is 361 g/mol. The second kappa shape index (κ2) is 8.51. The van der Waals surface area contributed by atoms with E-state index in [0.717, 1.165) is 4.68 Å². The van der Waals surface area contributed by atoms with Gasteiger partial charge in [0.25, 0.3) is 5.09 Å². The number of hydrogen-bond acceptors (Lipinski definition) is 6. The summed E-state index contributed by atoms with van der Waals surface area (Å²) in [5, 5.41) is 13.9. The number of halogens is 2. The molecule has 1 aromatic carbocycles. The maximum absolute atomic E-state index is 12.4. The number of hydrogen-bond donors (Lipinski definition) is 0. The van der Waals surface area contributed by atoms with Crippen LogP contribution in [0.4, 0.5) is 0 Å². The van der Waals surface area contributed by atoms with E-state index in [0.29, 0.717) is 28.6 Å². The first-order valence-electron chi connectivity index (χ1n) is 6.93. The van der Waals surface area contributed by atoms with Crippen LogP contribution in [0, 0.1) is 10.1 Å². The van der Waals surface area contributed by atoms with Crippen molar-refractivity contribution in [2.45, 2.75) is 12.8 Å². The molecule has 0 unspecified atom stereocenters. The topological polar surface area (TPSA) is 96.5 Å². The fraction of sp³-hybridized carbons (Fsp3) is 0.286. The van der Waals surface area contributed by atoms with Gasteiger partial charge in [-0.15, -0.1) is 10.1 Å². The van der Waals surface area contributed by atoms with Crippen molar-refractivity contribution < 1.29 is 14.7 Å². The standard InChI is InChI=1S/C14H13Cl2N3O5/c15-10-3-4-11(16)12(9-10)18-14(20)13(5-6-17-18)23-7-1-2-8-24-19(21)22/h3-6,9H,1-2,7-8H2. The Labute approximate surface area is 146 Å². The minimum absolute atomic E-state index is 0.0188. The minimum Gasteiger partial charge on any atom is -0.488 e. The van der Waals surface area contributed by atoms with Crippen LogP contribution in [0.2, 0.25) is 10.0 Å². The lowest BCUT2D eigenvalue weighted by Gasteiger charge is -2.10. The highest BCUT2D eigenvalue weighted by Crippen LogP contribution is 2.23. The van der Waals surface area contributed by atoms with Crippen LogP contribution in [0.25, 0.3) is 5.69 Å². The largest absolute Gasteiger partial charge is 0.488 e. The fourth-order valence-electron chi connectivity index (χ4n) is 1.85. The number of ether oxygens (including phenoxy) is 1. The van der Waals surface area contributed by atoms with Crippen LogP contribution >= 0.6 is 23.2 Å². The van der Waals surface area contributed by atoms with Crippen molar-refractivity contribution in [2.24, 2.45) is 0 Å². The summed E-state index contributed by atoms with van der Waals surface area (Å²) in [6.45, 7) is 0.193. The van der Waals surface area contributed by atoms with Crippen LogP contribution in [0.15, 0.2) is 35.3 Å². The van der Waals surface area contributed by atoms with E-state index in [1.165, 1.54) is 18.3 Å². The van der Waals surface area contributed by atoms with E-state index >= 15 is 0 Å². The van der Waals surface area contributed by atoms with Crippen molar-refractivity contribution >= 4 is 23.2 Å². The van der Waals surface area contributed by atoms with Crippen molar-refractivity contribution in [1.82, 2.24) is 9.78 Å². The summed E-state index contributed by atoms with van der Waals surface area (Å²) in [6, 6.07) is 6.13. The summed E-state index contributed by atoms with van der Waals surface area (Å²) in [7, 11) is 0. The molecule has 0 radical (unpaired) electrons. The molecule has 0 saturated heterocycles. The minimum atomic E-state index is -0.850. The first-order valence-corrected chi connectivity index (χ1v) is 7.68. The molecule has 24 heavy (non-hydrogen) atoms. The molecule has 128 valence electrons. The van der Waals surface area contributed by atoms with Gasteiger partial charge in [-0.2, -0.15) is 9.78 Å². The van der Waals surface area contributed by atoms with Gasteiger partial charge in [0.05, 0.1) is 30.1 Å². The average molecular weight is 374 g/mol. The van der Waals surface area contributed by atoms with E-state index in [9.17, 15) is 14.9 Å². The molecule has 0 aliphatic carbocycles. The molecule has 0 saturated carbocycles. The monoisotopic (exact) mass is 373 g/mol. The maximum Gasteiger partial charge on any atom is 0.313 e. The van der Waals surface area contributed by atoms with Gasteiger partial charge < -0.3 is 9.57 Å². The summed E-state index contributed by atoms with van der Waals surface area (Å²) < 4.78 is 6.50. The molecule has 0 aliphatic heterocycles. The van der Waals surface area contributed by atoms with Crippen molar-refractivity contribution in [1.29, 1.82) is 0 Å². The summed E-state index contributed by atoms with van der Waals surface area (Å²) in [5.74, 6) is 0.0937. The van der Waals surface area contributed by atoms with Crippen LogP contribution in [-0.4, -0.2) is 28.1 Å². The van der Waals surface area contributed by atoms with Gasteiger partial charge in [0.1, 0.15) is 0 Å². The van der Waals surface area contributed by atoms with Crippen LogP contribution in [0.3, 0.4) is 0 Å². The molecule has 0 N–H and O–H groups in total. The molecule has 0 spiro atoms. The van der Waals surface area contributed by atoms with Gasteiger partial charge in [0.15, 0.2) is 5.75 Å². The predicted molar refractivity (Wildman–Crippen MR) is 87.5 cm³/mol. The normalized spacial score (nSPS) is 10.4. The lowest BCUT2D eigenvalue weighted by molar-refractivity contribution is -0.757. The molecule has 0 atom stereocenters. The highest BCUT2D eigenvalue weighted by molar-refractivity contribution is 6.34. The lowest BCUT2D eigenvalue weighted by Crippen LogP contribution is -2.23. The number of benzene rings is 1. The van der Waals surface area contributed by atoms with Crippen molar-refractivity contribution in [3.05, 3.63) is 61.0 Å². The molecule has 10 heteroatoms. The van der Waals surface area contributed by atoms with Crippen molar-refractivity contribution in [3.8, 4) is 11.4 Å². The van der Waals surface area contributed by atoms with E-state index in [1.54, 1.807) is 12.1 Å². The maximum atomic E-state index is 12.4. The van der Waals surface area contributed by atoms with E-state index < -0.39 is 10.6 Å². The zero-order valence-corrected chi connectivity index (χ0v) is 13.9. The lowest BCUT2D eigenvalue weighted by atomic mass is 10.3. The molecule has 0 aliphatic rings. The zero-order chi connectivity index (χ0) is 17.5. The SMILES string of the molecule is O=c1c(OCCCCO[N+](=O)[O-])ccnn1-c1cc(Cl)ccc1Cl. The van der Waals surface area contributed by atoms with Gasteiger partial charge >= 0.3 is 5.56 Å². The van der Waals surface area contributed by atoms with Gasteiger partial charge in [-0.05, 0) is 31.0 Å². The van der Waals surface area contributed by atoms with E-state index in [1.807, 2.05) is 0 Å². The Morgan fingerprint density at radius 2 is 1.96 bits per heavy atom. The fourth-order valence-corrected chi connectivity index (χ4v) is 2.21. The molecule has 0 bridgehead atoms. The Morgan fingerprint density at radius 3 is 2.71 bits per heavy atom. The summed E-state index contributed by atoms with van der Waals surface area (Å²) >= 11 is 12.0. The molecular formula is C14H13Cl2N3O5. The Hall–Kier alpha value is -2.32. The first-order chi connectivity index (χ1) is 11.5. The highest BCUT2D eigenvalue weighted by Gasteiger charge is 2.11. The van der Waals surface area contributed by atoms with Gasteiger partial charge in [-0.25, -0.2) is 0 Å². The molecule has 1 heterocycles. The highest BCUT2D eigenvalue weighted by atomic mass is 35.5. The number of aromatic nitrogens is 2. The summed E-state index contributed by atoms with van der Waals surface area (Å²) in [4.78, 5) is 26.6. The molecule has 2 rings (SSSR count). The molecule has 2 aromatic rings.